The topological polar surface area (TPSA) is 100 Å². The SMILES string of the molecule is CC(=N)C(C#N)C(=O)COC(=O)COc1ccc(-c2ccccc2)cc1. The van der Waals surface area contributed by atoms with Crippen LogP contribution in [0, 0.1) is 22.7 Å². The summed E-state index contributed by atoms with van der Waals surface area (Å²) in [5, 5.41) is 16.1. The minimum absolute atomic E-state index is 0.0803. The number of hydrogen-bond acceptors (Lipinski definition) is 6. The number of ether oxygens (including phenoxy) is 2. The highest BCUT2D eigenvalue weighted by Crippen LogP contribution is 2.21. The summed E-state index contributed by atoms with van der Waals surface area (Å²) in [6.07, 6.45) is 0. The number of hydrogen-bond donors (Lipinski definition) is 1. The maximum atomic E-state index is 11.7. The van der Waals surface area contributed by atoms with Crippen molar-refractivity contribution in [3.8, 4) is 22.9 Å². The summed E-state index contributed by atoms with van der Waals surface area (Å²) < 4.78 is 10.1. The second-order valence-corrected chi connectivity index (χ2v) is 5.55. The lowest BCUT2D eigenvalue weighted by Crippen LogP contribution is -2.27. The number of nitrogens with one attached hydrogen (secondary N) is 1. The summed E-state index contributed by atoms with van der Waals surface area (Å²) in [4.78, 5) is 23.3. The molecular formula is C20H18N2O4. The van der Waals surface area contributed by atoms with E-state index in [1.165, 1.54) is 6.92 Å². The van der Waals surface area contributed by atoms with Gasteiger partial charge in [0.05, 0.1) is 6.07 Å². The first-order valence-corrected chi connectivity index (χ1v) is 7.92. The van der Waals surface area contributed by atoms with Gasteiger partial charge in [-0.3, -0.25) is 4.79 Å². The molecule has 2 aromatic rings. The van der Waals surface area contributed by atoms with Crippen LogP contribution in [0.1, 0.15) is 6.92 Å². The first-order chi connectivity index (χ1) is 12.5. The van der Waals surface area contributed by atoms with Gasteiger partial charge in [0.25, 0.3) is 0 Å². The molecule has 26 heavy (non-hydrogen) atoms. The predicted molar refractivity (Wildman–Crippen MR) is 95.8 cm³/mol. The summed E-state index contributed by atoms with van der Waals surface area (Å²) in [6, 6.07) is 18.8. The van der Waals surface area contributed by atoms with E-state index in [1.807, 2.05) is 42.5 Å². The molecule has 2 rings (SSSR count). The Labute approximate surface area is 151 Å². The van der Waals surface area contributed by atoms with Crippen LogP contribution in [-0.2, 0) is 14.3 Å². The normalized spacial score (nSPS) is 11.1. The van der Waals surface area contributed by atoms with Gasteiger partial charge in [-0.2, -0.15) is 5.26 Å². The Hall–Kier alpha value is -3.46. The van der Waals surface area contributed by atoms with Crippen LogP contribution in [0.15, 0.2) is 54.6 Å². The summed E-state index contributed by atoms with van der Waals surface area (Å²) in [5.74, 6) is -2.03. The highest BCUT2D eigenvalue weighted by molar-refractivity contribution is 6.06. The molecule has 0 saturated carbocycles. The fourth-order valence-corrected chi connectivity index (χ4v) is 2.20. The van der Waals surface area contributed by atoms with Gasteiger partial charge in [-0.1, -0.05) is 42.5 Å². The van der Waals surface area contributed by atoms with Crippen LogP contribution in [0.4, 0.5) is 0 Å². The van der Waals surface area contributed by atoms with E-state index in [9.17, 15) is 9.59 Å². The van der Waals surface area contributed by atoms with E-state index in [0.717, 1.165) is 11.1 Å². The third-order valence-corrected chi connectivity index (χ3v) is 3.58. The minimum atomic E-state index is -1.19. The molecular weight excluding hydrogens is 332 g/mol. The van der Waals surface area contributed by atoms with E-state index < -0.39 is 24.3 Å². The van der Waals surface area contributed by atoms with Crippen LogP contribution < -0.4 is 4.74 Å². The van der Waals surface area contributed by atoms with Gasteiger partial charge in [-0.15, -0.1) is 0 Å². The molecule has 6 heteroatoms. The summed E-state index contributed by atoms with van der Waals surface area (Å²) >= 11 is 0. The number of nitriles is 1. The maximum Gasteiger partial charge on any atom is 0.344 e. The lowest BCUT2D eigenvalue weighted by Gasteiger charge is -2.09. The number of carbonyl (C=O) groups is 2. The van der Waals surface area contributed by atoms with Crippen molar-refractivity contribution in [1.29, 1.82) is 10.7 Å². The first-order valence-electron chi connectivity index (χ1n) is 7.92. The lowest BCUT2D eigenvalue weighted by molar-refractivity contribution is -0.150. The number of esters is 1. The van der Waals surface area contributed by atoms with Gasteiger partial charge < -0.3 is 14.9 Å². The lowest BCUT2D eigenvalue weighted by atomic mass is 10.0. The molecule has 0 radical (unpaired) electrons. The quantitative estimate of drug-likeness (QED) is 0.582. The fraction of sp³-hybridized carbons (Fsp3) is 0.200. The van der Waals surface area contributed by atoms with Crippen LogP contribution in [0.2, 0.25) is 0 Å². The molecule has 132 valence electrons. The van der Waals surface area contributed by atoms with Crippen molar-refractivity contribution in [2.75, 3.05) is 13.2 Å². The Morgan fingerprint density at radius 2 is 1.65 bits per heavy atom. The van der Waals surface area contributed by atoms with Crippen LogP contribution in [0.3, 0.4) is 0 Å². The molecule has 1 N–H and O–H groups in total. The van der Waals surface area contributed by atoms with Gasteiger partial charge >= 0.3 is 5.97 Å². The number of benzene rings is 2. The van der Waals surface area contributed by atoms with Crippen molar-refractivity contribution >= 4 is 17.5 Å². The van der Waals surface area contributed by atoms with Gasteiger partial charge in [0, 0.05) is 5.71 Å². The number of rotatable bonds is 8. The second kappa shape index (κ2) is 9.14. The monoisotopic (exact) mass is 350 g/mol. The molecule has 2 aromatic carbocycles. The van der Waals surface area contributed by atoms with Crippen LogP contribution in [0.25, 0.3) is 11.1 Å². The van der Waals surface area contributed by atoms with E-state index >= 15 is 0 Å². The third-order valence-electron chi connectivity index (χ3n) is 3.58. The van der Waals surface area contributed by atoms with Crippen molar-refractivity contribution in [1.82, 2.24) is 0 Å². The summed E-state index contributed by atoms with van der Waals surface area (Å²) in [7, 11) is 0. The maximum absolute atomic E-state index is 11.7. The number of ketones is 1. The molecule has 1 atom stereocenters. The molecule has 0 aromatic heterocycles. The van der Waals surface area contributed by atoms with Crippen molar-refractivity contribution in [2.45, 2.75) is 6.92 Å². The van der Waals surface area contributed by atoms with Crippen molar-refractivity contribution in [2.24, 2.45) is 5.92 Å². The molecule has 0 aliphatic rings. The van der Waals surface area contributed by atoms with Gasteiger partial charge in [0.1, 0.15) is 11.7 Å². The molecule has 1 unspecified atom stereocenters. The zero-order valence-corrected chi connectivity index (χ0v) is 14.3. The molecule has 0 aliphatic carbocycles. The van der Waals surface area contributed by atoms with Crippen LogP contribution in [0.5, 0.6) is 5.75 Å². The molecule has 0 bridgehead atoms. The van der Waals surface area contributed by atoms with E-state index in [-0.39, 0.29) is 12.3 Å². The Morgan fingerprint density at radius 1 is 1.04 bits per heavy atom. The predicted octanol–water partition coefficient (Wildman–Crippen LogP) is 3.02. The Morgan fingerprint density at radius 3 is 2.23 bits per heavy atom. The zero-order chi connectivity index (χ0) is 18.9. The van der Waals surface area contributed by atoms with Gasteiger partial charge in [-0.25, -0.2) is 4.79 Å². The van der Waals surface area contributed by atoms with Crippen LogP contribution in [-0.4, -0.2) is 30.7 Å². The zero-order valence-electron chi connectivity index (χ0n) is 14.3. The van der Waals surface area contributed by atoms with Gasteiger partial charge in [-0.05, 0) is 30.2 Å². The average molecular weight is 350 g/mol. The number of Topliss-reactive ketones (excluding diaryl/α,β-unsaturated/α-hetero) is 1. The molecule has 0 heterocycles. The summed E-state index contributed by atoms with van der Waals surface area (Å²) in [6.45, 7) is 0.457. The molecule has 0 fully saturated rings. The van der Waals surface area contributed by atoms with E-state index in [4.69, 9.17) is 20.1 Å². The van der Waals surface area contributed by atoms with E-state index in [1.54, 1.807) is 18.2 Å². The van der Waals surface area contributed by atoms with Crippen molar-refractivity contribution < 1.29 is 19.1 Å². The highest BCUT2D eigenvalue weighted by atomic mass is 16.6. The smallest absolute Gasteiger partial charge is 0.344 e. The molecule has 6 nitrogen and oxygen atoms in total. The third kappa shape index (κ3) is 5.28. The summed E-state index contributed by atoms with van der Waals surface area (Å²) in [5.41, 5.74) is 2.02. The minimum Gasteiger partial charge on any atom is -0.482 e. The Bertz CT molecular complexity index is 823. The van der Waals surface area contributed by atoms with Gasteiger partial charge in [0.2, 0.25) is 0 Å². The average Bonchev–Trinajstić information content (AvgIpc) is 2.66. The van der Waals surface area contributed by atoms with Crippen LogP contribution >= 0.6 is 0 Å². The van der Waals surface area contributed by atoms with E-state index in [0.29, 0.717) is 5.75 Å². The van der Waals surface area contributed by atoms with Crippen molar-refractivity contribution in [3.05, 3.63) is 54.6 Å². The Kier molecular flexibility index (Phi) is 6.63. The standard InChI is InChI=1S/C20H18N2O4/c1-14(22)18(11-21)19(23)12-26-20(24)13-25-17-9-7-16(8-10-17)15-5-3-2-4-6-15/h2-10,18,22H,12-13H2,1H3. The Balaban J connectivity index is 1.81. The molecule has 0 spiro atoms. The molecule has 0 amide bonds. The van der Waals surface area contributed by atoms with E-state index in [2.05, 4.69) is 0 Å². The fourth-order valence-electron chi connectivity index (χ4n) is 2.20. The second-order valence-electron chi connectivity index (χ2n) is 5.55. The number of carbonyl (C=O) groups excluding carboxylic acids is 2. The van der Waals surface area contributed by atoms with Gasteiger partial charge in [0.15, 0.2) is 19.0 Å². The first kappa shape index (κ1) is 18.9. The van der Waals surface area contributed by atoms with Crippen molar-refractivity contribution in [3.63, 3.8) is 0 Å². The highest BCUT2D eigenvalue weighted by Gasteiger charge is 2.21. The molecule has 0 aliphatic heterocycles. The molecule has 0 saturated heterocycles. The number of nitrogens with zero attached hydrogens (tertiary/aromatic N) is 1. The largest absolute Gasteiger partial charge is 0.482 e.